The number of halogens is 2. The van der Waals surface area contributed by atoms with Gasteiger partial charge in [-0.15, -0.1) is 0 Å². The van der Waals surface area contributed by atoms with Crippen molar-refractivity contribution in [3.05, 3.63) is 99.0 Å². The largest absolute Gasteiger partial charge is 0.508 e. The molecule has 1 N–H and O–H groups in total. The van der Waals surface area contributed by atoms with Crippen molar-refractivity contribution in [2.45, 2.75) is 46.6 Å². The molecule has 1 saturated carbocycles. The standard InChI is InChI=1S/C22H19Br2NO3.C10H14O/c1-22(2)17(12-19(23)24)20(22)21(26)28-18(13-25)14-7-6-10-16(11-14)27-15-8-4-3-5-9-15;1-7(2)9-5-4-8(3)6-10(9)11/h3-12,17-18,20H,1-2H3;4-7,11H,1-3H3/t17-,18+,20-;/m0./s1. The predicted octanol–water partition coefficient (Wildman–Crippen LogP) is 9.31. The lowest BCUT2D eigenvalue weighted by molar-refractivity contribution is -0.149. The van der Waals surface area contributed by atoms with Gasteiger partial charge in [-0.05, 0) is 97.5 Å². The molecule has 4 rings (SSSR count). The molecular formula is C32H33Br2NO4. The van der Waals surface area contributed by atoms with E-state index >= 15 is 0 Å². The fourth-order valence-electron chi connectivity index (χ4n) is 4.44. The Bertz CT molecular complexity index is 1360. The second-order valence-corrected chi connectivity index (χ2v) is 13.2. The third kappa shape index (κ3) is 8.20. The van der Waals surface area contributed by atoms with E-state index in [1.807, 2.05) is 69.3 Å². The fraction of sp³-hybridized carbons (Fsp3) is 0.312. The Kier molecular flexibility index (Phi) is 10.4. The van der Waals surface area contributed by atoms with Gasteiger partial charge in [-0.2, -0.15) is 5.26 Å². The van der Waals surface area contributed by atoms with E-state index < -0.39 is 6.10 Å². The Morgan fingerprint density at radius 1 is 1.03 bits per heavy atom. The SMILES string of the molecule is CC1(C)[C@H](C(=O)O[C@H](C#N)c2cccc(Oc3ccccc3)c2)[C@@H]1C=C(Br)Br.Cc1ccc(C(C)C)c(O)c1. The number of rotatable bonds is 7. The highest BCUT2D eigenvalue weighted by molar-refractivity contribution is 9.28. The van der Waals surface area contributed by atoms with Gasteiger partial charge in [0, 0.05) is 5.56 Å². The van der Waals surface area contributed by atoms with Crippen LogP contribution in [0.15, 0.2) is 82.3 Å². The highest BCUT2D eigenvalue weighted by Gasteiger charge is 2.61. The van der Waals surface area contributed by atoms with Gasteiger partial charge in [-0.25, -0.2) is 0 Å². The molecule has 0 radical (unpaired) electrons. The van der Waals surface area contributed by atoms with Crippen LogP contribution in [0.4, 0.5) is 0 Å². The number of phenols is 1. The third-order valence-electron chi connectivity index (χ3n) is 6.77. The first kappa shape index (κ1) is 30.5. The van der Waals surface area contributed by atoms with E-state index in [2.05, 4.69) is 51.8 Å². The number of para-hydroxylation sites is 1. The molecule has 5 nitrogen and oxygen atoms in total. The molecule has 204 valence electrons. The highest BCUT2D eigenvalue weighted by Crippen LogP contribution is 2.60. The number of benzene rings is 3. The first-order valence-electron chi connectivity index (χ1n) is 12.7. The molecule has 1 aliphatic rings. The second kappa shape index (κ2) is 13.3. The molecular weight excluding hydrogens is 622 g/mol. The van der Waals surface area contributed by atoms with Crippen LogP contribution in [0, 0.1) is 35.5 Å². The van der Waals surface area contributed by atoms with Crippen LogP contribution in [0.3, 0.4) is 0 Å². The first-order valence-corrected chi connectivity index (χ1v) is 14.3. The molecule has 0 unspecified atom stereocenters. The zero-order valence-electron chi connectivity index (χ0n) is 22.7. The van der Waals surface area contributed by atoms with E-state index in [4.69, 9.17) is 9.47 Å². The number of carbonyl (C=O) groups is 1. The number of ether oxygens (including phenoxy) is 2. The van der Waals surface area contributed by atoms with Crippen LogP contribution in [0.25, 0.3) is 0 Å². The van der Waals surface area contributed by atoms with Gasteiger partial charge in [0.1, 0.15) is 23.3 Å². The summed E-state index contributed by atoms with van der Waals surface area (Å²) in [6, 6.07) is 24.3. The van der Waals surface area contributed by atoms with Gasteiger partial charge in [0.2, 0.25) is 6.10 Å². The summed E-state index contributed by atoms with van der Waals surface area (Å²) in [5, 5.41) is 19.0. The Balaban J connectivity index is 0.000000320. The average Bonchev–Trinajstić information content (AvgIpc) is 3.41. The first-order chi connectivity index (χ1) is 18.4. The smallest absolute Gasteiger partial charge is 0.311 e. The van der Waals surface area contributed by atoms with Gasteiger partial charge in [0.05, 0.1) is 9.31 Å². The number of nitriles is 1. The quantitative estimate of drug-likeness (QED) is 0.257. The van der Waals surface area contributed by atoms with Crippen LogP contribution in [0.2, 0.25) is 0 Å². The van der Waals surface area contributed by atoms with Crippen LogP contribution < -0.4 is 4.74 Å². The zero-order chi connectivity index (χ0) is 28.7. The molecule has 0 bridgehead atoms. The lowest BCUT2D eigenvalue weighted by Crippen LogP contribution is -2.14. The topological polar surface area (TPSA) is 79.6 Å². The monoisotopic (exact) mass is 653 g/mol. The second-order valence-electron chi connectivity index (χ2n) is 10.4. The molecule has 0 aromatic heterocycles. The maximum Gasteiger partial charge on any atom is 0.311 e. The average molecular weight is 655 g/mol. The van der Waals surface area contributed by atoms with Gasteiger partial charge in [-0.3, -0.25) is 4.79 Å². The normalized spacial score (nSPS) is 17.6. The Morgan fingerprint density at radius 3 is 2.28 bits per heavy atom. The van der Waals surface area contributed by atoms with Crippen molar-refractivity contribution in [2.24, 2.45) is 17.3 Å². The van der Waals surface area contributed by atoms with Crippen LogP contribution in [-0.2, 0) is 9.53 Å². The number of hydrogen-bond acceptors (Lipinski definition) is 5. The number of aryl methyl sites for hydroxylation is 1. The molecule has 3 atom stereocenters. The molecule has 1 aliphatic carbocycles. The number of carbonyl (C=O) groups excluding carboxylic acids is 1. The van der Waals surface area contributed by atoms with Crippen molar-refractivity contribution in [1.82, 2.24) is 0 Å². The van der Waals surface area contributed by atoms with Crippen molar-refractivity contribution in [3.63, 3.8) is 0 Å². The summed E-state index contributed by atoms with van der Waals surface area (Å²) in [4.78, 5) is 12.7. The van der Waals surface area contributed by atoms with E-state index in [0.717, 1.165) is 14.5 Å². The fourth-order valence-corrected chi connectivity index (χ4v) is 5.01. The molecule has 0 amide bonds. The predicted molar refractivity (Wildman–Crippen MR) is 161 cm³/mol. The van der Waals surface area contributed by atoms with Gasteiger partial charge < -0.3 is 14.6 Å². The minimum absolute atomic E-state index is 0.0563. The van der Waals surface area contributed by atoms with Crippen molar-refractivity contribution >= 4 is 37.8 Å². The molecule has 39 heavy (non-hydrogen) atoms. The van der Waals surface area contributed by atoms with E-state index in [1.54, 1.807) is 30.3 Å². The summed E-state index contributed by atoms with van der Waals surface area (Å²) in [7, 11) is 0. The Morgan fingerprint density at radius 2 is 1.69 bits per heavy atom. The summed E-state index contributed by atoms with van der Waals surface area (Å²) in [5.41, 5.74) is 2.50. The van der Waals surface area contributed by atoms with Crippen molar-refractivity contribution in [2.75, 3.05) is 0 Å². The highest BCUT2D eigenvalue weighted by atomic mass is 79.9. The minimum Gasteiger partial charge on any atom is -0.508 e. The van der Waals surface area contributed by atoms with Gasteiger partial charge in [0.25, 0.3) is 0 Å². The summed E-state index contributed by atoms with van der Waals surface area (Å²) >= 11 is 6.68. The van der Waals surface area contributed by atoms with Crippen molar-refractivity contribution in [1.29, 1.82) is 5.26 Å². The van der Waals surface area contributed by atoms with E-state index in [1.165, 1.54) is 0 Å². The molecule has 0 saturated heterocycles. The number of phenolic OH excluding ortho intramolecular Hbond substituents is 1. The molecule has 0 heterocycles. The lowest BCUT2D eigenvalue weighted by Gasteiger charge is -2.13. The maximum absolute atomic E-state index is 12.7. The summed E-state index contributed by atoms with van der Waals surface area (Å²) in [5.74, 6) is 1.50. The Hall–Kier alpha value is -3.08. The van der Waals surface area contributed by atoms with Crippen LogP contribution in [-0.4, -0.2) is 11.1 Å². The van der Waals surface area contributed by atoms with Crippen LogP contribution in [0.1, 0.15) is 56.4 Å². The van der Waals surface area contributed by atoms with Crippen molar-refractivity contribution in [3.8, 4) is 23.3 Å². The van der Waals surface area contributed by atoms with E-state index in [-0.39, 0.29) is 23.2 Å². The van der Waals surface area contributed by atoms with Gasteiger partial charge in [0.15, 0.2) is 0 Å². The zero-order valence-corrected chi connectivity index (χ0v) is 25.9. The number of hydrogen-bond donors (Lipinski definition) is 1. The van der Waals surface area contributed by atoms with Crippen molar-refractivity contribution < 1.29 is 19.4 Å². The summed E-state index contributed by atoms with van der Waals surface area (Å²) in [6.07, 6.45) is 0.960. The summed E-state index contributed by atoms with van der Waals surface area (Å²) in [6.45, 7) is 10.1. The molecule has 0 aliphatic heterocycles. The van der Waals surface area contributed by atoms with Gasteiger partial charge >= 0.3 is 5.97 Å². The van der Waals surface area contributed by atoms with E-state index in [9.17, 15) is 15.2 Å². The molecule has 1 fully saturated rings. The summed E-state index contributed by atoms with van der Waals surface area (Å²) < 4.78 is 12.2. The van der Waals surface area contributed by atoms with Crippen LogP contribution in [0.5, 0.6) is 17.2 Å². The third-order valence-corrected chi connectivity index (χ3v) is 7.30. The molecule has 7 heteroatoms. The van der Waals surface area contributed by atoms with Crippen LogP contribution >= 0.6 is 31.9 Å². The molecule has 3 aromatic carbocycles. The number of esters is 1. The molecule has 0 spiro atoms. The Labute approximate surface area is 247 Å². The lowest BCUT2D eigenvalue weighted by atomic mass is 10.0. The van der Waals surface area contributed by atoms with Gasteiger partial charge in [-0.1, -0.05) is 76.2 Å². The minimum atomic E-state index is -0.986. The number of allylic oxidation sites excluding steroid dienone is 1. The number of nitrogens with zero attached hydrogens (tertiary/aromatic N) is 1. The number of aromatic hydroxyl groups is 1. The molecule has 3 aromatic rings. The maximum atomic E-state index is 12.7. The van der Waals surface area contributed by atoms with E-state index in [0.29, 0.717) is 28.7 Å².